The second kappa shape index (κ2) is 12.4. The molecule has 4 aromatic rings. The first-order valence-corrected chi connectivity index (χ1v) is 10.9. The lowest BCUT2D eigenvalue weighted by Gasteiger charge is -2.22. The van der Waals surface area contributed by atoms with E-state index in [-0.39, 0.29) is 12.3 Å². The number of aryl methyl sites for hydroxylation is 1. The van der Waals surface area contributed by atoms with Crippen molar-refractivity contribution < 1.29 is 19.1 Å². The van der Waals surface area contributed by atoms with Gasteiger partial charge in [-0.25, -0.2) is 9.50 Å². The van der Waals surface area contributed by atoms with Crippen LogP contribution in [-0.2, 0) is 21.3 Å². The lowest BCUT2D eigenvalue weighted by atomic mass is 10.1. The smallest absolute Gasteiger partial charge is 0.257 e. The fourth-order valence-electron chi connectivity index (χ4n) is 3.56. The van der Waals surface area contributed by atoms with Gasteiger partial charge in [0.15, 0.2) is 11.5 Å². The molecular weight excluding hydrogens is 450 g/mol. The van der Waals surface area contributed by atoms with E-state index >= 15 is 0 Å². The van der Waals surface area contributed by atoms with Gasteiger partial charge in [-0.15, -0.1) is 5.10 Å². The summed E-state index contributed by atoms with van der Waals surface area (Å²) in [6, 6.07) is 13.7. The summed E-state index contributed by atoms with van der Waals surface area (Å²) in [5, 5.41) is 8.91. The van der Waals surface area contributed by atoms with Crippen molar-refractivity contribution in [1.82, 2.24) is 29.3 Å². The van der Waals surface area contributed by atoms with Crippen molar-refractivity contribution in [2.75, 3.05) is 40.5 Å². The van der Waals surface area contributed by atoms with E-state index in [0.29, 0.717) is 43.3 Å². The highest BCUT2D eigenvalue weighted by Gasteiger charge is 2.23. The van der Waals surface area contributed by atoms with E-state index in [1.54, 1.807) is 34.5 Å². The highest BCUT2D eigenvalue weighted by molar-refractivity contribution is 6.00. The molecule has 0 fully saturated rings. The minimum absolute atomic E-state index is 0.117. The van der Waals surface area contributed by atoms with Crippen molar-refractivity contribution >= 4 is 18.0 Å². The van der Waals surface area contributed by atoms with Crippen LogP contribution >= 0.6 is 0 Å². The molecule has 0 spiro atoms. The van der Waals surface area contributed by atoms with Gasteiger partial charge in [0, 0.05) is 51.7 Å². The van der Waals surface area contributed by atoms with E-state index in [1.165, 1.54) is 0 Å². The number of carbonyl (C=O) groups is 2. The second-order valence-corrected chi connectivity index (χ2v) is 7.46. The fraction of sp³-hybridized carbons (Fsp3) is 0.292. The first-order chi connectivity index (χ1) is 17.0. The van der Waals surface area contributed by atoms with Crippen molar-refractivity contribution in [3.8, 4) is 22.6 Å². The molecule has 11 heteroatoms. The molecule has 1 aromatic carbocycles. The number of ether oxygens (including phenoxy) is 2. The monoisotopic (exact) mass is 479 g/mol. The van der Waals surface area contributed by atoms with Gasteiger partial charge in [0.2, 0.25) is 6.41 Å². The molecule has 4 rings (SSSR count). The number of benzene rings is 1. The number of pyridine rings is 1. The highest BCUT2D eigenvalue weighted by Crippen LogP contribution is 2.26. The largest absolute Gasteiger partial charge is 0.383 e. The van der Waals surface area contributed by atoms with Gasteiger partial charge in [-0.05, 0) is 12.1 Å². The summed E-state index contributed by atoms with van der Waals surface area (Å²) >= 11 is 0. The maximum atomic E-state index is 13.3. The molecule has 35 heavy (non-hydrogen) atoms. The van der Waals surface area contributed by atoms with E-state index in [2.05, 4.69) is 20.9 Å². The number of rotatable bonds is 9. The van der Waals surface area contributed by atoms with Gasteiger partial charge >= 0.3 is 0 Å². The molecule has 0 saturated carbocycles. The van der Waals surface area contributed by atoms with Crippen LogP contribution in [-0.4, -0.2) is 82.1 Å². The van der Waals surface area contributed by atoms with Crippen LogP contribution in [0.4, 0.5) is 0 Å². The van der Waals surface area contributed by atoms with Crippen LogP contribution in [0, 0.1) is 0 Å². The summed E-state index contributed by atoms with van der Waals surface area (Å²) in [5.74, 6) is 0.530. The molecule has 2 N–H and O–H groups in total. The Morgan fingerprint density at radius 2 is 1.74 bits per heavy atom. The van der Waals surface area contributed by atoms with Gasteiger partial charge in [-0.2, -0.15) is 5.10 Å². The molecule has 184 valence electrons. The number of amides is 2. The predicted molar refractivity (Wildman–Crippen MR) is 131 cm³/mol. The van der Waals surface area contributed by atoms with Crippen LogP contribution < -0.4 is 5.73 Å². The van der Waals surface area contributed by atoms with Crippen LogP contribution in [0.5, 0.6) is 0 Å². The Morgan fingerprint density at radius 1 is 1.09 bits per heavy atom. The molecule has 3 aromatic heterocycles. The van der Waals surface area contributed by atoms with Gasteiger partial charge in [-0.1, -0.05) is 30.3 Å². The number of fused-ring (bicyclic) bond motifs is 1. The zero-order chi connectivity index (χ0) is 25.2. The molecule has 0 atom stereocenters. The third-order valence-corrected chi connectivity index (χ3v) is 5.23. The van der Waals surface area contributed by atoms with Crippen molar-refractivity contribution in [3.63, 3.8) is 0 Å². The molecule has 3 heterocycles. The van der Waals surface area contributed by atoms with Gasteiger partial charge in [0.25, 0.3) is 5.91 Å². The Balaban J connectivity index is 0.00000108. The first kappa shape index (κ1) is 25.5. The van der Waals surface area contributed by atoms with Crippen LogP contribution in [0.25, 0.3) is 28.3 Å². The Kier molecular flexibility index (Phi) is 9.04. The zero-order valence-electron chi connectivity index (χ0n) is 20.0. The summed E-state index contributed by atoms with van der Waals surface area (Å²) in [5.41, 5.74) is 7.89. The standard InChI is InChI=1S/C23H26N6O3.CH3NO/c1-27-21(19(16-24-27)23(30)28(11-13-31-2)12-14-32-3)18-9-10-29-20(15-18)25-22(26-29)17-7-5-4-6-8-17;2-1-3/h4-10,15-16H,11-14H2,1-3H3;1H,(H2,2,3). The summed E-state index contributed by atoms with van der Waals surface area (Å²) in [7, 11) is 5.06. The SMILES string of the molecule is COCCN(CCOC)C(=O)c1cnn(C)c1-c1ccn2nc(-c3ccccc3)nc2c1.NC=O. The maximum absolute atomic E-state index is 13.3. The van der Waals surface area contributed by atoms with Crippen LogP contribution in [0.2, 0.25) is 0 Å². The number of methoxy groups -OCH3 is 2. The fourth-order valence-corrected chi connectivity index (χ4v) is 3.56. The number of primary amides is 1. The van der Waals surface area contributed by atoms with Gasteiger partial charge in [-0.3, -0.25) is 14.3 Å². The van der Waals surface area contributed by atoms with E-state index in [1.807, 2.05) is 55.7 Å². The minimum atomic E-state index is -0.117. The first-order valence-electron chi connectivity index (χ1n) is 10.9. The Hall–Kier alpha value is -4.09. The zero-order valence-corrected chi connectivity index (χ0v) is 20.0. The lowest BCUT2D eigenvalue weighted by molar-refractivity contribution is -0.106. The number of nitrogens with zero attached hydrogens (tertiary/aromatic N) is 6. The normalized spacial score (nSPS) is 10.6. The highest BCUT2D eigenvalue weighted by atomic mass is 16.5. The van der Waals surface area contributed by atoms with Crippen LogP contribution in [0.15, 0.2) is 54.9 Å². The van der Waals surface area contributed by atoms with Gasteiger partial charge < -0.3 is 20.1 Å². The average Bonchev–Trinajstić information content (AvgIpc) is 3.48. The summed E-state index contributed by atoms with van der Waals surface area (Å²) in [6.45, 7) is 1.82. The van der Waals surface area contributed by atoms with Crippen molar-refractivity contribution in [2.45, 2.75) is 0 Å². The summed E-state index contributed by atoms with van der Waals surface area (Å²) < 4.78 is 13.8. The Bertz CT molecular complexity index is 1250. The van der Waals surface area contributed by atoms with Crippen molar-refractivity contribution in [2.24, 2.45) is 12.8 Å². The topological polar surface area (TPSA) is 130 Å². The summed E-state index contributed by atoms with van der Waals surface area (Å²) in [4.78, 5) is 28.3. The lowest BCUT2D eigenvalue weighted by Crippen LogP contribution is -2.36. The van der Waals surface area contributed by atoms with E-state index in [0.717, 1.165) is 16.8 Å². The third kappa shape index (κ3) is 6.08. The van der Waals surface area contributed by atoms with Gasteiger partial charge in [0.1, 0.15) is 0 Å². The molecule has 0 unspecified atom stereocenters. The molecule has 0 aliphatic rings. The maximum Gasteiger partial charge on any atom is 0.257 e. The molecular formula is C24H29N7O4. The molecule has 0 radical (unpaired) electrons. The number of carbonyl (C=O) groups excluding carboxylic acids is 2. The predicted octanol–water partition coefficient (Wildman–Crippen LogP) is 1.63. The second-order valence-electron chi connectivity index (χ2n) is 7.46. The Morgan fingerprint density at radius 3 is 2.37 bits per heavy atom. The number of hydrogen-bond acceptors (Lipinski definition) is 7. The molecule has 0 bridgehead atoms. The number of hydrogen-bond donors (Lipinski definition) is 1. The van der Waals surface area contributed by atoms with Crippen LogP contribution in [0.3, 0.4) is 0 Å². The molecule has 0 aliphatic carbocycles. The third-order valence-electron chi connectivity index (χ3n) is 5.23. The van der Waals surface area contributed by atoms with E-state index in [9.17, 15) is 4.79 Å². The molecule has 0 saturated heterocycles. The van der Waals surface area contributed by atoms with Crippen molar-refractivity contribution in [3.05, 3.63) is 60.4 Å². The quantitative estimate of drug-likeness (QED) is 0.361. The van der Waals surface area contributed by atoms with Gasteiger partial charge in [0.05, 0.1) is 30.7 Å². The summed E-state index contributed by atoms with van der Waals surface area (Å²) in [6.07, 6.45) is 3.70. The van der Waals surface area contributed by atoms with Crippen LogP contribution in [0.1, 0.15) is 10.4 Å². The minimum Gasteiger partial charge on any atom is -0.383 e. The van der Waals surface area contributed by atoms with E-state index < -0.39 is 0 Å². The average molecular weight is 480 g/mol. The number of nitrogens with two attached hydrogens (primary N) is 1. The molecule has 0 aliphatic heterocycles. The van der Waals surface area contributed by atoms with Crippen molar-refractivity contribution in [1.29, 1.82) is 0 Å². The number of aromatic nitrogens is 5. The molecule has 2 amide bonds. The van der Waals surface area contributed by atoms with E-state index in [4.69, 9.17) is 14.3 Å². The molecule has 11 nitrogen and oxygen atoms in total. The Labute approximate surface area is 203 Å².